The van der Waals surface area contributed by atoms with Gasteiger partial charge in [-0.3, -0.25) is 4.72 Å². The summed E-state index contributed by atoms with van der Waals surface area (Å²) in [5, 5.41) is 0.0253. The number of esters is 1. The van der Waals surface area contributed by atoms with Crippen LogP contribution in [-0.4, -0.2) is 28.1 Å². The lowest BCUT2D eigenvalue weighted by Crippen LogP contribution is -2.17. The maximum absolute atomic E-state index is 14.5. The first-order valence-electron chi connectivity index (χ1n) is 8.03. The smallest absolute Gasteiger partial charge is 0.349 e. The summed E-state index contributed by atoms with van der Waals surface area (Å²) in [4.78, 5) is 11.7. The highest BCUT2D eigenvalue weighted by molar-refractivity contribution is 7.93. The summed E-state index contributed by atoms with van der Waals surface area (Å²) in [6.45, 7) is 1.65. The van der Waals surface area contributed by atoms with Crippen molar-refractivity contribution in [1.82, 2.24) is 0 Å². The van der Waals surface area contributed by atoms with Crippen LogP contribution in [0.2, 0.25) is 5.02 Å². The molecule has 6 nitrogen and oxygen atoms in total. The van der Waals surface area contributed by atoms with Crippen molar-refractivity contribution in [2.24, 2.45) is 0 Å². The molecule has 0 saturated heterocycles. The van der Waals surface area contributed by atoms with E-state index in [-0.39, 0.29) is 27.6 Å². The summed E-state index contributed by atoms with van der Waals surface area (Å²) in [6.07, 6.45) is 0. The van der Waals surface area contributed by atoms with Gasteiger partial charge >= 0.3 is 5.97 Å². The standard InChI is InChI=1S/C18H15ClFNO5S2/c1-3-26-18(22)16-17(15-12(20)5-4-6-14(15)27-16)28(23,24)21-10-7-8-13(25-2)11(19)9-10/h4-9,21H,3H2,1-2H3. The van der Waals surface area contributed by atoms with Gasteiger partial charge in [-0.2, -0.15) is 0 Å². The fourth-order valence-electron chi connectivity index (χ4n) is 2.60. The Bertz CT molecular complexity index is 1160. The second-order valence-corrected chi connectivity index (χ2v) is 8.63. The lowest BCUT2D eigenvalue weighted by atomic mass is 10.2. The molecule has 3 rings (SSSR count). The van der Waals surface area contributed by atoms with Crippen molar-refractivity contribution in [1.29, 1.82) is 0 Å². The topological polar surface area (TPSA) is 81.7 Å². The molecule has 3 aromatic rings. The Morgan fingerprint density at radius 2 is 2.04 bits per heavy atom. The Labute approximate surface area is 169 Å². The summed E-state index contributed by atoms with van der Waals surface area (Å²) in [5.74, 6) is -1.22. The van der Waals surface area contributed by atoms with Gasteiger partial charge in [-0.1, -0.05) is 17.7 Å². The van der Waals surface area contributed by atoms with E-state index in [1.165, 1.54) is 37.4 Å². The molecule has 0 amide bonds. The molecule has 2 aromatic carbocycles. The first-order chi connectivity index (χ1) is 13.3. The zero-order valence-corrected chi connectivity index (χ0v) is 17.2. The second-order valence-electron chi connectivity index (χ2n) is 5.55. The zero-order chi connectivity index (χ0) is 20.5. The van der Waals surface area contributed by atoms with E-state index in [4.69, 9.17) is 21.1 Å². The number of sulfonamides is 1. The van der Waals surface area contributed by atoms with E-state index in [2.05, 4.69) is 4.72 Å². The van der Waals surface area contributed by atoms with E-state index in [0.29, 0.717) is 10.4 Å². The van der Waals surface area contributed by atoms with Gasteiger partial charge in [0.2, 0.25) is 0 Å². The molecule has 0 aliphatic carbocycles. The molecule has 0 radical (unpaired) electrons. The van der Waals surface area contributed by atoms with Crippen molar-refractivity contribution in [3.8, 4) is 5.75 Å². The molecule has 0 bridgehead atoms. The predicted octanol–water partition coefficient (Wildman–Crippen LogP) is 4.68. The molecular formula is C18H15ClFNO5S2. The van der Waals surface area contributed by atoms with Crippen molar-refractivity contribution in [2.45, 2.75) is 11.8 Å². The molecule has 0 spiro atoms. The van der Waals surface area contributed by atoms with Crippen LogP contribution in [0.5, 0.6) is 5.75 Å². The number of carbonyl (C=O) groups is 1. The molecule has 28 heavy (non-hydrogen) atoms. The van der Waals surface area contributed by atoms with E-state index < -0.39 is 26.7 Å². The van der Waals surface area contributed by atoms with E-state index in [9.17, 15) is 17.6 Å². The van der Waals surface area contributed by atoms with Gasteiger partial charge in [-0.15, -0.1) is 11.3 Å². The van der Waals surface area contributed by atoms with Gasteiger partial charge in [-0.05, 0) is 37.3 Å². The van der Waals surface area contributed by atoms with Crippen LogP contribution in [0.4, 0.5) is 10.1 Å². The molecule has 0 fully saturated rings. The predicted molar refractivity (Wildman–Crippen MR) is 107 cm³/mol. The SMILES string of the molecule is CCOC(=O)c1sc2cccc(F)c2c1S(=O)(=O)Nc1ccc(OC)c(Cl)c1. The third kappa shape index (κ3) is 3.78. The van der Waals surface area contributed by atoms with Crippen LogP contribution in [0.25, 0.3) is 10.1 Å². The Kier molecular flexibility index (Phi) is 5.78. The number of methoxy groups -OCH3 is 1. The van der Waals surface area contributed by atoms with Gasteiger partial charge in [-0.25, -0.2) is 17.6 Å². The third-order valence-corrected chi connectivity index (χ3v) is 6.76. The van der Waals surface area contributed by atoms with Crippen molar-refractivity contribution in [2.75, 3.05) is 18.4 Å². The number of benzene rings is 2. The lowest BCUT2D eigenvalue weighted by molar-refractivity contribution is 0.0528. The van der Waals surface area contributed by atoms with Crippen LogP contribution in [0.15, 0.2) is 41.3 Å². The van der Waals surface area contributed by atoms with Crippen molar-refractivity contribution >= 4 is 54.7 Å². The molecular weight excluding hydrogens is 429 g/mol. The van der Waals surface area contributed by atoms with Crippen LogP contribution in [0, 0.1) is 5.82 Å². The van der Waals surface area contributed by atoms with Gasteiger partial charge in [0.05, 0.1) is 24.4 Å². The zero-order valence-electron chi connectivity index (χ0n) is 14.8. The fourth-order valence-corrected chi connectivity index (χ4v) is 5.73. The fraction of sp³-hybridized carbons (Fsp3) is 0.167. The monoisotopic (exact) mass is 443 g/mol. The minimum Gasteiger partial charge on any atom is -0.495 e. The summed E-state index contributed by atoms with van der Waals surface area (Å²) < 4.78 is 53.2. The largest absolute Gasteiger partial charge is 0.495 e. The molecule has 10 heteroatoms. The summed E-state index contributed by atoms with van der Waals surface area (Å²) >= 11 is 6.89. The van der Waals surface area contributed by atoms with Crippen LogP contribution in [-0.2, 0) is 14.8 Å². The first kappa shape index (κ1) is 20.4. The number of fused-ring (bicyclic) bond motifs is 1. The van der Waals surface area contributed by atoms with Crippen LogP contribution in [0.1, 0.15) is 16.6 Å². The molecule has 148 valence electrons. The van der Waals surface area contributed by atoms with E-state index in [0.717, 1.165) is 17.4 Å². The molecule has 0 aliphatic heterocycles. The normalized spacial score (nSPS) is 11.4. The Hall–Kier alpha value is -2.36. The first-order valence-corrected chi connectivity index (χ1v) is 10.7. The molecule has 1 aromatic heterocycles. The maximum Gasteiger partial charge on any atom is 0.349 e. The highest BCUT2D eigenvalue weighted by atomic mass is 35.5. The summed E-state index contributed by atoms with van der Waals surface area (Å²) in [6, 6.07) is 8.39. The number of hydrogen-bond donors (Lipinski definition) is 1. The molecule has 0 unspecified atom stereocenters. The summed E-state index contributed by atoms with van der Waals surface area (Å²) in [7, 11) is -2.90. The average molecular weight is 444 g/mol. The number of hydrogen-bond acceptors (Lipinski definition) is 6. The van der Waals surface area contributed by atoms with Gasteiger partial charge in [0.1, 0.15) is 21.3 Å². The van der Waals surface area contributed by atoms with E-state index >= 15 is 0 Å². The number of ether oxygens (including phenoxy) is 2. The highest BCUT2D eigenvalue weighted by Crippen LogP contribution is 2.38. The number of carbonyl (C=O) groups excluding carboxylic acids is 1. The molecule has 0 aliphatic rings. The number of thiophene rings is 1. The second kappa shape index (κ2) is 7.94. The van der Waals surface area contributed by atoms with Gasteiger partial charge in [0.25, 0.3) is 10.0 Å². The number of rotatable bonds is 6. The van der Waals surface area contributed by atoms with Crippen molar-refractivity contribution in [3.63, 3.8) is 0 Å². The number of halogens is 2. The third-order valence-electron chi connectivity index (χ3n) is 3.75. The number of nitrogens with one attached hydrogen (secondary N) is 1. The van der Waals surface area contributed by atoms with Crippen LogP contribution >= 0.6 is 22.9 Å². The molecule has 0 atom stereocenters. The number of anilines is 1. The minimum atomic E-state index is -4.33. The molecule has 0 saturated carbocycles. The van der Waals surface area contributed by atoms with Crippen molar-refractivity contribution in [3.05, 3.63) is 52.1 Å². The van der Waals surface area contributed by atoms with E-state index in [1.54, 1.807) is 6.92 Å². The quantitative estimate of drug-likeness (QED) is 0.559. The van der Waals surface area contributed by atoms with Gasteiger partial charge in [0.15, 0.2) is 0 Å². The van der Waals surface area contributed by atoms with Gasteiger partial charge in [0, 0.05) is 10.1 Å². The summed E-state index contributed by atoms with van der Waals surface area (Å²) in [5.41, 5.74) is 0.135. The van der Waals surface area contributed by atoms with Crippen LogP contribution in [0.3, 0.4) is 0 Å². The molecule has 1 N–H and O–H groups in total. The van der Waals surface area contributed by atoms with Crippen LogP contribution < -0.4 is 9.46 Å². The Balaban J connectivity index is 2.16. The highest BCUT2D eigenvalue weighted by Gasteiger charge is 2.31. The average Bonchev–Trinajstić information content (AvgIpc) is 3.04. The van der Waals surface area contributed by atoms with E-state index in [1.807, 2.05) is 0 Å². The maximum atomic E-state index is 14.5. The Morgan fingerprint density at radius 3 is 2.68 bits per heavy atom. The van der Waals surface area contributed by atoms with Crippen molar-refractivity contribution < 1.29 is 27.1 Å². The Morgan fingerprint density at radius 1 is 1.29 bits per heavy atom. The minimum absolute atomic E-state index is 0.0521. The van der Waals surface area contributed by atoms with Gasteiger partial charge < -0.3 is 9.47 Å². The lowest BCUT2D eigenvalue weighted by Gasteiger charge is -2.11. The molecule has 1 heterocycles.